The lowest BCUT2D eigenvalue weighted by Crippen LogP contribution is -2.27. The fraction of sp³-hybridized carbons (Fsp3) is 0.760. The molecule has 5 atom stereocenters. The summed E-state index contributed by atoms with van der Waals surface area (Å²) in [6, 6.07) is 0. The summed E-state index contributed by atoms with van der Waals surface area (Å²) in [6.07, 6.45) is 15.8. The van der Waals surface area contributed by atoms with Gasteiger partial charge in [0, 0.05) is 0 Å². The van der Waals surface area contributed by atoms with E-state index in [1.54, 1.807) is 11.1 Å². The highest BCUT2D eigenvalue weighted by atomic mass is 14.5. The van der Waals surface area contributed by atoms with E-state index in [9.17, 15) is 0 Å². The summed E-state index contributed by atoms with van der Waals surface area (Å²) in [5, 5.41) is 0. The van der Waals surface area contributed by atoms with Crippen LogP contribution in [-0.2, 0) is 0 Å². The van der Waals surface area contributed by atoms with Crippen LogP contribution < -0.4 is 0 Å². The first kappa shape index (κ1) is 19.0. The summed E-state index contributed by atoms with van der Waals surface area (Å²) in [6.45, 7) is 16.7. The Balaban J connectivity index is 1.91. The van der Waals surface area contributed by atoms with Crippen LogP contribution in [-0.4, -0.2) is 0 Å². The second kappa shape index (κ2) is 7.45. The van der Waals surface area contributed by atoms with Crippen molar-refractivity contribution in [3.63, 3.8) is 0 Å². The second-order valence-electron chi connectivity index (χ2n) is 10.1. The molecule has 0 radical (unpaired) electrons. The van der Waals surface area contributed by atoms with E-state index in [-0.39, 0.29) is 0 Å². The van der Waals surface area contributed by atoms with Crippen molar-refractivity contribution in [1.29, 1.82) is 0 Å². The first-order valence-corrected chi connectivity index (χ1v) is 10.8. The number of hydrogen-bond donors (Lipinski definition) is 0. The number of fused-ring (bicyclic) bond motifs is 2. The highest BCUT2D eigenvalue weighted by Crippen LogP contribution is 2.54. The van der Waals surface area contributed by atoms with Gasteiger partial charge in [-0.15, -0.1) is 0 Å². The van der Waals surface area contributed by atoms with Gasteiger partial charge in [0.05, 0.1) is 0 Å². The summed E-state index contributed by atoms with van der Waals surface area (Å²) in [5.41, 5.74) is 5.31. The Kier molecular flexibility index (Phi) is 5.66. The van der Waals surface area contributed by atoms with Crippen molar-refractivity contribution >= 4 is 0 Å². The average molecular weight is 341 g/mol. The van der Waals surface area contributed by atoms with Crippen LogP contribution in [0.15, 0.2) is 35.5 Å². The smallest absolute Gasteiger partial charge is 0.0137 e. The summed E-state index contributed by atoms with van der Waals surface area (Å²) >= 11 is 0. The molecule has 0 heteroatoms. The molecule has 0 amide bonds. The van der Waals surface area contributed by atoms with E-state index >= 15 is 0 Å². The molecule has 3 rings (SSSR count). The van der Waals surface area contributed by atoms with Crippen LogP contribution in [0.3, 0.4) is 0 Å². The van der Waals surface area contributed by atoms with Gasteiger partial charge in [-0.2, -0.15) is 0 Å². The van der Waals surface area contributed by atoms with Crippen LogP contribution in [0.5, 0.6) is 0 Å². The monoisotopic (exact) mass is 340 g/mol. The number of rotatable bonds is 1. The largest absolute Gasteiger partial charge is 0.0996 e. The third kappa shape index (κ3) is 3.83. The standard InChI is InChI=1S/C25H40/c1-17(2)21-14-16-25(6)15-13-18(3)7-10-22-19(4)8-11-23(22)20(5)9-12-24(21)25/h9,13,17,21-24H,4,7-8,10-12,14-16H2,1-3,5-6H3/b18-13+,20-9+/t21-,22-,23-,24-,25-/m0/s1. The fourth-order valence-electron chi connectivity index (χ4n) is 6.23. The molecule has 0 bridgehead atoms. The van der Waals surface area contributed by atoms with Crippen molar-refractivity contribution in [2.24, 2.45) is 35.0 Å². The van der Waals surface area contributed by atoms with Crippen molar-refractivity contribution < 1.29 is 0 Å². The third-order valence-corrected chi connectivity index (χ3v) is 8.15. The predicted molar refractivity (Wildman–Crippen MR) is 110 cm³/mol. The molecular formula is C25H40. The highest BCUT2D eigenvalue weighted by Gasteiger charge is 2.44. The third-order valence-electron chi connectivity index (χ3n) is 8.15. The Morgan fingerprint density at radius 1 is 1.04 bits per heavy atom. The lowest BCUT2D eigenvalue weighted by molar-refractivity contribution is 0.169. The van der Waals surface area contributed by atoms with Crippen LogP contribution in [0, 0.1) is 35.0 Å². The Labute approximate surface area is 156 Å². The lowest BCUT2D eigenvalue weighted by Gasteiger charge is -2.35. The molecule has 0 aromatic carbocycles. The molecule has 3 aliphatic rings. The zero-order valence-electron chi connectivity index (χ0n) is 17.4. The van der Waals surface area contributed by atoms with E-state index in [1.165, 1.54) is 56.9 Å². The molecule has 3 aliphatic carbocycles. The second-order valence-corrected chi connectivity index (χ2v) is 10.1. The minimum atomic E-state index is 0.505. The van der Waals surface area contributed by atoms with E-state index < -0.39 is 0 Å². The number of allylic oxidation sites excluding steroid dienone is 5. The Morgan fingerprint density at radius 2 is 1.76 bits per heavy atom. The van der Waals surface area contributed by atoms with E-state index in [4.69, 9.17) is 0 Å². The zero-order valence-corrected chi connectivity index (χ0v) is 17.4. The van der Waals surface area contributed by atoms with Gasteiger partial charge in [-0.1, -0.05) is 56.2 Å². The fourth-order valence-corrected chi connectivity index (χ4v) is 6.23. The molecule has 0 nitrogen and oxygen atoms in total. The summed E-state index contributed by atoms with van der Waals surface area (Å²) in [5.74, 6) is 4.08. The molecule has 0 heterocycles. The van der Waals surface area contributed by atoms with Gasteiger partial charge in [0.25, 0.3) is 0 Å². The van der Waals surface area contributed by atoms with Gasteiger partial charge in [0.15, 0.2) is 0 Å². The molecule has 0 aliphatic heterocycles. The van der Waals surface area contributed by atoms with Gasteiger partial charge in [-0.3, -0.25) is 0 Å². The van der Waals surface area contributed by atoms with Crippen molar-refractivity contribution in [3.05, 3.63) is 35.5 Å². The van der Waals surface area contributed by atoms with Gasteiger partial charge >= 0.3 is 0 Å². The topological polar surface area (TPSA) is 0 Å². The van der Waals surface area contributed by atoms with Crippen molar-refractivity contribution in [1.82, 2.24) is 0 Å². The molecule has 0 aromatic rings. The van der Waals surface area contributed by atoms with E-state index in [0.717, 1.165) is 29.6 Å². The van der Waals surface area contributed by atoms with Crippen LogP contribution in [0.1, 0.15) is 86.0 Å². The molecule has 2 saturated carbocycles. The molecular weight excluding hydrogens is 300 g/mol. The SMILES string of the molecule is C=C1CC[C@H]2/C(C)=C/C[C@H]3[C@H](C(C)C)CC[C@]3(C)C/C=C(\C)CC[C@@H]12. The maximum absolute atomic E-state index is 4.42. The van der Waals surface area contributed by atoms with Crippen LogP contribution in [0.25, 0.3) is 0 Å². The van der Waals surface area contributed by atoms with Crippen molar-refractivity contribution in [2.45, 2.75) is 86.0 Å². The molecule has 0 unspecified atom stereocenters. The van der Waals surface area contributed by atoms with Gasteiger partial charge in [0.1, 0.15) is 0 Å². The summed E-state index contributed by atoms with van der Waals surface area (Å²) in [4.78, 5) is 0. The Morgan fingerprint density at radius 3 is 2.48 bits per heavy atom. The van der Waals surface area contributed by atoms with Crippen molar-refractivity contribution in [3.8, 4) is 0 Å². The molecule has 25 heavy (non-hydrogen) atoms. The van der Waals surface area contributed by atoms with E-state index in [2.05, 4.69) is 53.3 Å². The Bertz CT molecular complexity index is 561. The first-order chi connectivity index (χ1) is 11.8. The predicted octanol–water partition coefficient (Wildman–Crippen LogP) is 7.72. The lowest BCUT2D eigenvalue weighted by atomic mass is 9.69. The summed E-state index contributed by atoms with van der Waals surface area (Å²) < 4.78 is 0. The maximum atomic E-state index is 4.42. The van der Waals surface area contributed by atoms with Crippen molar-refractivity contribution in [2.75, 3.05) is 0 Å². The molecule has 0 saturated heterocycles. The quantitative estimate of drug-likeness (QED) is 0.428. The highest BCUT2D eigenvalue weighted by molar-refractivity contribution is 5.20. The Hall–Kier alpha value is -0.780. The van der Waals surface area contributed by atoms with E-state index in [1.807, 2.05) is 0 Å². The van der Waals surface area contributed by atoms with Gasteiger partial charge < -0.3 is 0 Å². The van der Waals surface area contributed by atoms with Crippen LogP contribution in [0.4, 0.5) is 0 Å². The minimum absolute atomic E-state index is 0.505. The van der Waals surface area contributed by atoms with Gasteiger partial charge in [-0.05, 0) is 100 Å². The maximum Gasteiger partial charge on any atom is -0.0137 e. The average Bonchev–Trinajstić information content (AvgIpc) is 3.09. The van der Waals surface area contributed by atoms with Crippen LogP contribution >= 0.6 is 0 Å². The molecule has 0 aromatic heterocycles. The molecule has 140 valence electrons. The normalized spacial score (nSPS) is 44.2. The molecule has 0 N–H and O–H groups in total. The van der Waals surface area contributed by atoms with Gasteiger partial charge in [0.2, 0.25) is 0 Å². The van der Waals surface area contributed by atoms with Gasteiger partial charge in [-0.25, -0.2) is 0 Å². The minimum Gasteiger partial charge on any atom is -0.0996 e. The molecule has 0 spiro atoms. The number of hydrogen-bond acceptors (Lipinski definition) is 0. The van der Waals surface area contributed by atoms with E-state index in [0.29, 0.717) is 5.41 Å². The zero-order chi connectivity index (χ0) is 18.2. The van der Waals surface area contributed by atoms with Crippen LogP contribution in [0.2, 0.25) is 0 Å². The summed E-state index contributed by atoms with van der Waals surface area (Å²) in [7, 11) is 0. The molecule has 2 fully saturated rings. The first-order valence-electron chi connectivity index (χ1n) is 10.8.